The van der Waals surface area contributed by atoms with E-state index in [1.165, 1.54) is 13.2 Å². The number of methoxy groups -OCH3 is 1. The molecular weight excluding hydrogens is 748 g/mol. The molecule has 0 aliphatic carbocycles. The molecule has 0 bridgehead atoms. The molecule has 0 spiro atoms. The average Bonchev–Trinajstić information content (AvgIpc) is 4.04. The highest BCUT2D eigenvalue weighted by molar-refractivity contribution is 5.93. The number of aromatic carboxylic acids is 1. The van der Waals surface area contributed by atoms with Crippen LogP contribution in [0.1, 0.15) is 63.8 Å². The molecule has 16 nitrogen and oxygen atoms in total. The highest BCUT2D eigenvalue weighted by atomic mass is 16.5. The van der Waals surface area contributed by atoms with Gasteiger partial charge in [0.25, 0.3) is 11.8 Å². The van der Waals surface area contributed by atoms with Gasteiger partial charge in [0.2, 0.25) is 23.2 Å². The maximum Gasteiger partial charge on any atom is 0.374 e. The SMILES string of the molecule is COC(=O)CCCNC(=O)c1cc(-c2ccccc2)no1.O=C(NCCCC(=O)N1CCC1)c1cc(-c2ccccc2)no1.O=C(O)c1cc(-c2ccccc2)no1. The largest absolute Gasteiger partial charge is 0.475 e. The number of nitrogens with zero attached hydrogens (tertiary/aromatic N) is 4. The Hall–Kier alpha value is -7.36. The van der Waals surface area contributed by atoms with Crippen molar-refractivity contribution in [1.82, 2.24) is 31.0 Å². The highest BCUT2D eigenvalue weighted by Gasteiger charge is 2.20. The number of carboxylic acid groups (broad SMARTS) is 1. The molecule has 3 aromatic heterocycles. The number of carbonyl (C=O) groups excluding carboxylic acids is 4. The second-order valence-electron chi connectivity index (χ2n) is 12.7. The van der Waals surface area contributed by atoms with Gasteiger partial charge >= 0.3 is 11.9 Å². The van der Waals surface area contributed by atoms with Crippen molar-refractivity contribution < 1.29 is 47.4 Å². The van der Waals surface area contributed by atoms with Crippen molar-refractivity contribution in [3.05, 3.63) is 126 Å². The third-order valence-corrected chi connectivity index (χ3v) is 8.53. The van der Waals surface area contributed by atoms with Gasteiger partial charge in [0, 0.05) is 73.9 Å². The first-order chi connectivity index (χ1) is 28.2. The van der Waals surface area contributed by atoms with Crippen LogP contribution in [0.2, 0.25) is 0 Å². The first-order valence-corrected chi connectivity index (χ1v) is 18.4. The van der Waals surface area contributed by atoms with Gasteiger partial charge in [-0.3, -0.25) is 19.2 Å². The minimum absolute atomic E-state index is 0.145. The molecule has 0 radical (unpaired) electrons. The topological polar surface area (TPSA) is 220 Å². The Kier molecular flexibility index (Phi) is 15.6. The molecule has 3 N–H and O–H groups in total. The molecule has 6 aromatic rings. The Balaban J connectivity index is 0.000000170. The minimum atomic E-state index is -1.11. The summed E-state index contributed by atoms with van der Waals surface area (Å²) in [7, 11) is 1.33. The molecular formula is C42H42N6O10. The molecule has 1 aliphatic rings. The lowest BCUT2D eigenvalue weighted by atomic mass is 10.1. The van der Waals surface area contributed by atoms with Gasteiger partial charge in [-0.05, 0) is 19.3 Å². The van der Waals surface area contributed by atoms with Crippen molar-refractivity contribution >= 4 is 29.7 Å². The fraction of sp³-hybridized carbons (Fsp3) is 0.238. The normalized spacial score (nSPS) is 11.4. The van der Waals surface area contributed by atoms with Gasteiger partial charge < -0.3 is 38.9 Å². The van der Waals surface area contributed by atoms with E-state index in [-0.39, 0.29) is 47.4 Å². The van der Waals surface area contributed by atoms with Crippen LogP contribution in [-0.2, 0) is 14.3 Å². The Morgan fingerprint density at radius 2 is 1.02 bits per heavy atom. The van der Waals surface area contributed by atoms with Crippen LogP contribution in [-0.4, -0.2) is 88.4 Å². The van der Waals surface area contributed by atoms with Crippen LogP contribution in [0.15, 0.2) is 123 Å². The zero-order valence-corrected chi connectivity index (χ0v) is 31.7. The third-order valence-electron chi connectivity index (χ3n) is 8.53. The molecule has 7 rings (SSSR count). The van der Waals surface area contributed by atoms with Crippen molar-refractivity contribution in [1.29, 1.82) is 0 Å². The van der Waals surface area contributed by atoms with Gasteiger partial charge in [-0.25, -0.2) is 4.79 Å². The fourth-order valence-electron chi connectivity index (χ4n) is 5.25. The summed E-state index contributed by atoms with van der Waals surface area (Å²) in [6, 6.07) is 32.8. The zero-order chi connectivity index (χ0) is 41.1. The van der Waals surface area contributed by atoms with Crippen LogP contribution in [0, 0.1) is 0 Å². The number of amides is 3. The van der Waals surface area contributed by atoms with Crippen LogP contribution >= 0.6 is 0 Å². The number of esters is 1. The Bertz CT molecular complexity index is 2230. The standard InChI is InChI=1S/C17H19N3O3.C15H16N2O4.C10H7NO3/c21-16(20-10-5-11-20)8-4-9-18-17(22)15-12-14(19-23-15)13-6-2-1-3-7-13;1-20-14(18)8-5-9-16-15(19)13-10-12(17-21-13)11-6-3-2-4-7-11;12-10(13)9-6-8(11-14-9)7-4-2-1-3-5-7/h1-3,6-7,12H,4-5,8-11H2,(H,18,22);2-4,6-7,10H,5,8-9H2,1H3,(H,16,19);1-6H,(H,12,13). The Morgan fingerprint density at radius 1 is 0.621 bits per heavy atom. The quantitative estimate of drug-likeness (QED) is 0.0834. The lowest BCUT2D eigenvalue weighted by Crippen LogP contribution is -2.42. The summed E-state index contributed by atoms with van der Waals surface area (Å²) in [5.41, 5.74) is 4.38. The van der Waals surface area contributed by atoms with Crippen molar-refractivity contribution in [2.75, 3.05) is 33.3 Å². The van der Waals surface area contributed by atoms with E-state index in [0.29, 0.717) is 49.4 Å². The number of ether oxygens (including phenoxy) is 1. The van der Waals surface area contributed by atoms with Crippen molar-refractivity contribution in [2.45, 2.75) is 32.1 Å². The van der Waals surface area contributed by atoms with E-state index in [4.69, 9.17) is 14.2 Å². The van der Waals surface area contributed by atoms with E-state index < -0.39 is 5.97 Å². The number of benzene rings is 3. The predicted molar refractivity (Wildman–Crippen MR) is 209 cm³/mol. The van der Waals surface area contributed by atoms with Crippen molar-refractivity contribution in [3.8, 4) is 33.8 Å². The first-order valence-electron chi connectivity index (χ1n) is 18.4. The van der Waals surface area contributed by atoms with Gasteiger partial charge in [-0.2, -0.15) is 0 Å². The fourth-order valence-corrected chi connectivity index (χ4v) is 5.25. The number of likely N-dealkylation sites (tertiary alicyclic amines) is 1. The molecule has 3 amide bonds. The number of carboxylic acids is 1. The van der Waals surface area contributed by atoms with E-state index in [1.54, 1.807) is 12.1 Å². The molecule has 0 unspecified atom stereocenters. The molecule has 1 fully saturated rings. The monoisotopic (exact) mass is 790 g/mol. The van der Waals surface area contributed by atoms with Crippen LogP contribution in [0.25, 0.3) is 33.8 Å². The van der Waals surface area contributed by atoms with Gasteiger partial charge in [-0.15, -0.1) is 0 Å². The average molecular weight is 791 g/mol. The predicted octanol–water partition coefficient (Wildman–Crippen LogP) is 6.15. The molecule has 3 aromatic carbocycles. The van der Waals surface area contributed by atoms with Crippen molar-refractivity contribution in [3.63, 3.8) is 0 Å². The van der Waals surface area contributed by atoms with Crippen LogP contribution < -0.4 is 10.6 Å². The molecule has 58 heavy (non-hydrogen) atoms. The smallest absolute Gasteiger partial charge is 0.374 e. The maximum atomic E-state index is 12.0. The van der Waals surface area contributed by atoms with Gasteiger partial charge in [0.1, 0.15) is 17.1 Å². The lowest BCUT2D eigenvalue weighted by molar-refractivity contribution is -0.140. The summed E-state index contributed by atoms with van der Waals surface area (Å²) < 4.78 is 19.3. The van der Waals surface area contributed by atoms with Crippen LogP contribution in [0.5, 0.6) is 0 Å². The van der Waals surface area contributed by atoms with E-state index >= 15 is 0 Å². The van der Waals surface area contributed by atoms with Gasteiger partial charge in [0.15, 0.2) is 0 Å². The summed E-state index contributed by atoms with van der Waals surface area (Å²) in [4.78, 5) is 58.8. The second kappa shape index (κ2) is 21.7. The molecule has 16 heteroatoms. The number of rotatable bonds is 14. The zero-order valence-electron chi connectivity index (χ0n) is 31.7. The van der Waals surface area contributed by atoms with E-state index in [0.717, 1.165) is 36.2 Å². The molecule has 1 saturated heterocycles. The summed E-state index contributed by atoms with van der Waals surface area (Å²) in [6.07, 6.45) is 2.96. The molecule has 0 atom stereocenters. The Morgan fingerprint density at radius 3 is 1.38 bits per heavy atom. The van der Waals surface area contributed by atoms with Crippen molar-refractivity contribution in [2.24, 2.45) is 0 Å². The summed E-state index contributed by atoms with van der Waals surface area (Å²) in [5.74, 6) is -1.73. The van der Waals surface area contributed by atoms with Crippen LogP contribution in [0.4, 0.5) is 0 Å². The van der Waals surface area contributed by atoms with Gasteiger partial charge in [0.05, 0.1) is 7.11 Å². The number of carbonyl (C=O) groups is 5. The third kappa shape index (κ3) is 12.6. The molecule has 0 saturated carbocycles. The molecule has 1 aliphatic heterocycles. The highest BCUT2D eigenvalue weighted by Crippen LogP contribution is 2.20. The Labute approximate surface area is 333 Å². The first kappa shape index (κ1) is 41.8. The summed E-state index contributed by atoms with van der Waals surface area (Å²) >= 11 is 0. The number of aromatic nitrogens is 3. The summed E-state index contributed by atoms with van der Waals surface area (Å²) in [5, 5.41) is 25.5. The number of hydrogen-bond donors (Lipinski definition) is 3. The molecule has 4 heterocycles. The van der Waals surface area contributed by atoms with E-state index in [9.17, 15) is 24.0 Å². The minimum Gasteiger partial charge on any atom is -0.475 e. The van der Waals surface area contributed by atoms with E-state index in [2.05, 4.69) is 35.4 Å². The number of hydrogen-bond acceptors (Lipinski definition) is 12. The van der Waals surface area contributed by atoms with E-state index in [1.807, 2.05) is 95.9 Å². The van der Waals surface area contributed by atoms with Crippen LogP contribution in [0.3, 0.4) is 0 Å². The number of nitrogens with one attached hydrogen (secondary N) is 2. The second-order valence-corrected chi connectivity index (χ2v) is 12.7. The lowest BCUT2D eigenvalue weighted by Gasteiger charge is -2.30. The van der Waals surface area contributed by atoms with Gasteiger partial charge in [-0.1, -0.05) is 106 Å². The summed E-state index contributed by atoms with van der Waals surface area (Å²) in [6.45, 7) is 2.55. The maximum absolute atomic E-state index is 12.0. The molecule has 300 valence electrons.